The highest BCUT2D eigenvalue weighted by Crippen LogP contribution is 2.40. The van der Waals surface area contributed by atoms with E-state index in [4.69, 9.17) is 28.2 Å². The highest BCUT2D eigenvalue weighted by Gasteiger charge is 2.41. The van der Waals surface area contributed by atoms with Gasteiger partial charge in [-0.2, -0.15) is 0 Å². The largest absolute Gasteiger partial charge is 0.459 e. The van der Waals surface area contributed by atoms with E-state index in [1.54, 1.807) is 6.20 Å². The van der Waals surface area contributed by atoms with Crippen LogP contribution in [0.2, 0.25) is 5.02 Å². The van der Waals surface area contributed by atoms with E-state index in [9.17, 15) is 9.18 Å². The minimum absolute atomic E-state index is 0.172. The van der Waals surface area contributed by atoms with Gasteiger partial charge in [-0.25, -0.2) is 4.39 Å². The van der Waals surface area contributed by atoms with Crippen molar-refractivity contribution in [3.8, 4) is 11.3 Å². The van der Waals surface area contributed by atoms with Gasteiger partial charge in [0.15, 0.2) is 5.11 Å². The number of carbonyl (C=O) groups excluding carboxylic acids is 1. The first kappa shape index (κ1) is 24.9. The van der Waals surface area contributed by atoms with Gasteiger partial charge in [-0.05, 0) is 79.3 Å². The van der Waals surface area contributed by atoms with Gasteiger partial charge < -0.3 is 20.0 Å². The van der Waals surface area contributed by atoms with Crippen molar-refractivity contribution >= 4 is 40.5 Å². The summed E-state index contributed by atoms with van der Waals surface area (Å²) < 4.78 is 19.5. The summed E-state index contributed by atoms with van der Waals surface area (Å²) in [7, 11) is 0. The summed E-state index contributed by atoms with van der Waals surface area (Å²) in [5, 5.41) is 7.32. The van der Waals surface area contributed by atoms with Crippen LogP contribution in [-0.4, -0.2) is 27.4 Å². The van der Waals surface area contributed by atoms with Crippen molar-refractivity contribution in [2.45, 2.75) is 25.4 Å². The van der Waals surface area contributed by atoms with Crippen molar-refractivity contribution < 1.29 is 13.6 Å². The van der Waals surface area contributed by atoms with Crippen LogP contribution in [0.15, 0.2) is 83.4 Å². The van der Waals surface area contributed by atoms with E-state index in [1.165, 1.54) is 24.3 Å². The molecule has 1 amide bonds. The number of aryl methyl sites for hydroxylation is 1. The Balaban J connectivity index is 1.40. The summed E-state index contributed by atoms with van der Waals surface area (Å²) in [6.45, 7) is 2.30. The van der Waals surface area contributed by atoms with Gasteiger partial charge in [0.1, 0.15) is 23.4 Å². The van der Waals surface area contributed by atoms with Crippen LogP contribution < -0.4 is 10.6 Å². The molecule has 2 unspecified atom stereocenters. The second kappa shape index (κ2) is 10.7. The Morgan fingerprint density at radius 2 is 1.97 bits per heavy atom. The molecule has 2 aromatic heterocycles. The van der Waals surface area contributed by atoms with Gasteiger partial charge in [-0.1, -0.05) is 29.8 Å². The molecule has 2 aromatic carbocycles. The third-order valence-corrected chi connectivity index (χ3v) is 7.04. The number of hydrogen-bond acceptors (Lipinski definition) is 4. The fourth-order valence-corrected chi connectivity index (χ4v) is 4.86. The Bertz CT molecular complexity index is 1430. The Morgan fingerprint density at radius 1 is 1.16 bits per heavy atom. The van der Waals surface area contributed by atoms with Crippen molar-refractivity contribution in [2.75, 3.05) is 11.9 Å². The van der Waals surface area contributed by atoms with Crippen molar-refractivity contribution in [2.24, 2.45) is 0 Å². The number of furan rings is 1. The lowest BCUT2D eigenvalue weighted by Crippen LogP contribution is -2.32. The van der Waals surface area contributed by atoms with Gasteiger partial charge in [0.05, 0.1) is 11.7 Å². The maximum absolute atomic E-state index is 13.2. The average Bonchev–Trinajstić information content (AvgIpc) is 3.51. The maximum Gasteiger partial charge on any atom is 0.226 e. The number of rotatable bonds is 7. The Labute approximate surface area is 224 Å². The molecular weight excluding hydrogens is 511 g/mol. The monoisotopic (exact) mass is 534 g/mol. The predicted octanol–water partition coefficient (Wildman–Crippen LogP) is 6.44. The number of halogens is 2. The quantitative estimate of drug-likeness (QED) is 0.266. The number of carbonyl (C=O) groups is 1. The van der Waals surface area contributed by atoms with Crippen molar-refractivity contribution in [1.82, 2.24) is 15.2 Å². The predicted molar refractivity (Wildman–Crippen MR) is 146 cm³/mol. The fraction of sp³-hybridized carbons (Fsp3) is 0.179. The fourth-order valence-electron chi connectivity index (χ4n) is 4.35. The molecular formula is C28H24ClFN4O2S. The zero-order valence-corrected chi connectivity index (χ0v) is 21.5. The minimum Gasteiger partial charge on any atom is -0.459 e. The molecule has 5 rings (SSSR count). The Morgan fingerprint density at radius 3 is 2.70 bits per heavy atom. The summed E-state index contributed by atoms with van der Waals surface area (Å²) >= 11 is 12.0. The van der Waals surface area contributed by atoms with Crippen LogP contribution in [0.4, 0.5) is 10.1 Å². The highest BCUT2D eigenvalue weighted by atomic mass is 35.5. The second-order valence-electron chi connectivity index (χ2n) is 8.79. The third-order valence-electron chi connectivity index (χ3n) is 6.28. The molecule has 4 aromatic rings. The van der Waals surface area contributed by atoms with E-state index in [0.717, 1.165) is 16.8 Å². The molecule has 0 bridgehead atoms. The summed E-state index contributed by atoms with van der Waals surface area (Å²) in [5.41, 5.74) is 3.20. The number of anilines is 1. The summed E-state index contributed by atoms with van der Waals surface area (Å²) in [6.07, 6.45) is 1.91. The van der Waals surface area contributed by atoms with Crippen LogP contribution in [0.25, 0.3) is 11.3 Å². The molecule has 37 heavy (non-hydrogen) atoms. The van der Waals surface area contributed by atoms with Crippen molar-refractivity contribution in [1.29, 1.82) is 0 Å². The van der Waals surface area contributed by atoms with Crippen molar-refractivity contribution in [3.05, 3.63) is 107 Å². The third kappa shape index (κ3) is 5.50. The topological polar surface area (TPSA) is 70.4 Å². The first-order chi connectivity index (χ1) is 17.9. The molecule has 0 spiro atoms. The molecule has 0 aliphatic carbocycles. The van der Waals surface area contributed by atoms with Crippen LogP contribution in [0.5, 0.6) is 0 Å². The smallest absolute Gasteiger partial charge is 0.226 e. The maximum atomic E-state index is 13.2. The standard InChI is InChI=1S/C28H24ClFN4O2S/c1-17-5-6-18(16-21(17)29)23-11-12-24(36-23)27-26(22-4-2-3-14-31-22)33-28(37)34(27)15-13-25(35)32-20-9-7-19(30)8-10-20/h2-12,14,16,26-27H,13,15H2,1H3,(H,32,35)(H,33,37). The van der Waals surface area contributed by atoms with Gasteiger partial charge in [0.25, 0.3) is 0 Å². The zero-order valence-electron chi connectivity index (χ0n) is 19.9. The van der Waals surface area contributed by atoms with E-state index in [0.29, 0.717) is 33.9 Å². The number of benzene rings is 2. The molecule has 2 atom stereocenters. The molecule has 6 nitrogen and oxygen atoms in total. The number of aromatic nitrogens is 1. The lowest BCUT2D eigenvalue weighted by atomic mass is 10.0. The SMILES string of the molecule is Cc1ccc(-c2ccc(C3C(c4ccccn4)NC(=S)N3CCC(=O)Nc3ccc(F)cc3)o2)cc1Cl. The average molecular weight is 535 g/mol. The Hall–Kier alpha value is -3.75. The van der Waals surface area contributed by atoms with Gasteiger partial charge in [-0.15, -0.1) is 0 Å². The normalized spacial score (nSPS) is 17.1. The van der Waals surface area contributed by atoms with Gasteiger partial charge in [0.2, 0.25) is 5.91 Å². The van der Waals surface area contributed by atoms with Crippen molar-refractivity contribution in [3.63, 3.8) is 0 Å². The molecule has 2 N–H and O–H groups in total. The van der Waals surface area contributed by atoms with Gasteiger partial charge in [0, 0.05) is 35.4 Å². The van der Waals surface area contributed by atoms with Gasteiger partial charge in [-0.3, -0.25) is 9.78 Å². The van der Waals surface area contributed by atoms with Gasteiger partial charge >= 0.3 is 0 Å². The van der Waals surface area contributed by atoms with Crippen LogP contribution in [0.1, 0.15) is 35.5 Å². The van der Waals surface area contributed by atoms with Crippen LogP contribution in [0.3, 0.4) is 0 Å². The molecule has 1 saturated heterocycles. The van der Waals surface area contributed by atoms with Crippen LogP contribution in [-0.2, 0) is 4.79 Å². The molecule has 0 radical (unpaired) electrons. The molecule has 1 aliphatic heterocycles. The highest BCUT2D eigenvalue weighted by molar-refractivity contribution is 7.80. The summed E-state index contributed by atoms with van der Waals surface area (Å²) in [5.74, 6) is 0.807. The van der Waals surface area contributed by atoms with Crippen LogP contribution >= 0.6 is 23.8 Å². The molecule has 0 saturated carbocycles. The lowest BCUT2D eigenvalue weighted by molar-refractivity contribution is -0.116. The first-order valence-corrected chi connectivity index (χ1v) is 12.6. The van der Waals surface area contributed by atoms with Crippen LogP contribution in [0, 0.1) is 12.7 Å². The molecule has 9 heteroatoms. The molecule has 1 fully saturated rings. The molecule has 3 heterocycles. The Kier molecular flexibility index (Phi) is 7.21. The number of nitrogens with one attached hydrogen (secondary N) is 2. The number of hydrogen-bond donors (Lipinski definition) is 2. The number of pyridine rings is 1. The second-order valence-corrected chi connectivity index (χ2v) is 9.58. The van der Waals surface area contributed by atoms with E-state index in [-0.39, 0.29) is 30.2 Å². The summed E-state index contributed by atoms with van der Waals surface area (Å²) in [6, 6.07) is 20.4. The van der Waals surface area contributed by atoms with E-state index in [2.05, 4.69) is 15.6 Å². The number of nitrogens with zero attached hydrogens (tertiary/aromatic N) is 2. The number of thiocarbonyl (C=S) groups is 1. The summed E-state index contributed by atoms with van der Waals surface area (Å²) in [4.78, 5) is 19.1. The molecule has 188 valence electrons. The zero-order chi connectivity index (χ0) is 25.9. The molecule has 1 aliphatic rings. The van der Waals surface area contributed by atoms with E-state index >= 15 is 0 Å². The first-order valence-electron chi connectivity index (χ1n) is 11.8. The van der Waals surface area contributed by atoms with E-state index in [1.807, 2.05) is 60.4 Å². The minimum atomic E-state index is -0.361. The number of amides is 1. The lowest BCUT2D eigenvalue weighted by Gasteiger charge is -2.25. The van der Waals surface area contributed by atoms with E-state index < -0.39 is 0 Å².